The van der Waals surface area contributed by atoms with Gasteiger partial charge in [-0.1, -0.05) is 23.7 Å². The van der Waals surface area contributed by atoms with Gasteiger partial charge in [0.15, 0.2) is 5.82 Å². The Kier molecular flexibility index (Phi) is 2.70. The lowest BCUT2D eigenvalue weighted by Gasteiger charge is -2.10. The predicted molar refractivity (Wildman–Crippen MR) is 57.0 cm³/mol. The van der Waals surface area contributed by atoms with E-state index in [9.17, 15) is 0 Å². The summed E-state index contributed by atoms with van der Waals surface area (Å²) in [6.45, 7) is 1.78. The summed E-state index contributed by atoms with van der Waals surface area (Å²) in [6.07, 6.45) is 1.54. The van der Waals surface area contributed by atoms with Crippen LogP contribution in [0.4, 0.5) is 0 Å². The van der Waals surface area contributed by atoms with Crippen LogP contribution in [0.2, 0.25) is 5.02 Å². The topological polar surface area (TPSA) is 50.9 Å². The van der Waals surface area contributed by atoms with E-state index in [1.807, 2.05) is 19.1 Å². The van der Waals surface area contributed by atoms with Crippen LogP contribution in [-0.2, 0) is 6.61 Å². The van der Waals surface area contributed by atoms with Gasteiger partial charge in [0.25, 0.3) is 0 Å². The molecule has 15 heavy (non-hydrogen) atoms. The van der Waals surface area contributed by atoms with E-state index in [2.05, 4.69) is 10.2 Å². The van der Waals surface area contributed by atoms with E-state index >= 15 is 0 Å². The Labute approximate surface area is 92.1 Å². The van der Waals surface area contributed by atoms with Gasteiger partial charge in [0.1, 0.15) is 12.9 Å². The number of halogens is 1. The fourth-order valence-electron chi connectivity index (χ4n) is 1.48. The van der Waals surface area contributed by atoms with Gasteiger partial charge in [0.2, 0.25) is 0 Å². The number of rotatable bonds is 2. The predicted octanol–water partition coefficient (Wildman–Crippen LogP) is 1.72. The zero-order chi connectivity index (χ0) is 10.8. The molecule has 2 aromatic rings. The van der Waals surface area contributed by atoms with E-state index in [0.717, 1.165) is 11.3 Å². The second-order valence-electron chi connectivity index (χ2n) is 3.18. The van der Waals surface area contributed by atoms with Crippen molar-refractivity contribution in [1.82, 2.24) is 14.8 Å². The van der Waals surface area contributed by atoms with E-state index < -0.39 is 0 Å². The molecule has 0 atom stereocenters. The molecule has 1 aromatic carbocycles. The molecule has 0 aliphatic carbocycles. The summed E-state index contributed by atoms with van der Waals surface area (Å²) >= 11 is 6.09. The first-order chi connectivity index (χ1) is 7.24. The summed E-state index contributed by atoms with van der Waals surface area (Å²) in [5.74, 6) is 0.478. The summed E-state index contributed by atoms with van der Waals surface area (Å²) < 4.78 is 1.69. The number of aliphatic hydroxyl groups is 1. The molecule has 0 saturated carbocycles. The third-order valence-corrected chi connectivity index (χ3v) is 2.49. The molecule has 0 bridgehead atoms. The zero-order valence-electron chi connectivity index (χ0n) is 8.18. The van der Waals surface area contributed by atoms with Crippen LogP contribution in [0, 0.1) is 6.92 Å². The second-order valence-corrected chi connectivity index (χ2v) is 3.59. The Bertz CT molecular complexity index is 461. The normalized spacial score (nSPS) is 10.6. The average Bonchev–Trinajstić information content (AvgIpc) is 2.65. The van der Waals surface area contributed by atoms with Crippen molar-refractivity contribution in [2.45, 2.75) is 13.5 Å². The average molecular weight is 224 g/mol. The Morgan fingerprint density at radius 2 is 2.27 bits per heavy atom. The second kappa shape index (κ2) is 4.00. The van der Waals surface area contributed by atoms with Gasteiger partial charge in [-0.05, 0) is 18.6 Å². The van der Waals surface area contributed by atoms with Crippen molar-refractivity contribution in [3.63, 3.8) is 0 Å². The van der Waals surface area contributed by atoms with Crippen molar-refractivity contribution in [3.8, 4) is 5.69 Å². The van der Waals surface area contributed by atoms with E-state index in [1.54, 1.807) is 17.0 Å². The summed E-state index contributed by atoms with van der Waals surface area (Å²) in [5, 5.41) is 17.2. The fourth-order valence-corrected chi connectivity index (χ4v) is 1.79. The highest BCUT2D eigenvalue weighted by Crippen LogP contribution is 2.24. The molecule has 4 nitrogen and oxygen atoms in total. The van der Waals surface area contributed by atoms with Crippen LogP contribution in [0.15, 0.2) is 24.5 Å². The first kappa shape index (κ1) is 10.1. The molecule has 0 spiro atoms. The number of hydrogen-bond donors (Lipinski definition) is 1. The van der Waals surface area contributed by atoms with E-state index in [-0.39, 0.29) is 6.61 Å². The van der Waals surface area contributed by atoms with Gasteiger partial charge in [-0.15, -0.1) is 10.2 Å². The quantitative estimate of drug-likeness (QED) is 0.844. The number of para-hydroxylation sites is 1. The molecule has 0 aliphatic rings. The molecule has 5 heteroatoms. The first-order valence-electron chi connectivity index (χ1n) is 4.49. The fraction of sp³-hybridized carbons (Fsp3) is 0.200. The van der Waals surface area contributed by atoms with Crippen LogP contribution in [0.25, 0.3) is 5.69 Å². The van der Waals surface area contributed by atoms with Crippen LogP contribution in [0.3, 0.4) is 0 Å². The van der Waals surface area contributed by atoms with Crippen molar-refractivity contribution in [1.29, 1.82) is 0 Å². The van der Waals surface area contributed by atoms with Crippen LogP contribution in [-0.4, -0.2) is 19.9 Å². The lowest BCUT2D eigenvalue weighted by atomic mass is 10.2. The summed E-state index contributed by atoms with van der Waals surface area (Å²) in [7, 11) is 0. The first-order valence-corrected chi connectivity index (χ1v) is 4.87. The highest BCUT2D eigenvalue weighted by molar-refractivity contribution is 6.32. The molecule has 0 fully saturated rings. The molecule has 0 aliphatic heterocycles. The standard InChI is InChI=1S/C10H10ClN3O/c1-7-3-2-4-8(11)10(7)14-6-12-13-9(14)5-15/h2-4,6,15H,5H2,1H3. The van der Waals surface area contributed by atoms with Gasteiger partial charge in [0, 0.05) is 0 Å². The van der Waals surface area contributed by atoms with Crippen LogP contribution in [0.1, 0.15) is 11.4 Å². The van der Waals surface area contributed by atoms with E-state index in [1.165, 1.54) is 0 Å². The van der Waals surface area contributed by atoms with Gasteiger partial charge in [-0.3, -0.25) is 4.57 Å². The molecule has 2 rings (SSSR count). The Morgan fingerprint density at radius 1 is 1.47 bits per heavy atom. The van der Waals surface area contributed by atoms with Gasteiger partial charge in [-0.2, -0.15) is 0 Å². The number of hydrogen-bond acceptors (Lipinski definition) is 3. The monoisotopic (exact) mass is 223 g/mol. The highest BCUT2D eigenvalue weighted by Gasteiger charge is 2.10. The minimum Gasteiger partial charge on any atom is -0.388 e. The van der Waals surface area contributed by atoms with Crippen molar-refractivity contribution >= 4 is 11.6 Å². The molecular formula is C10H10ClN3O. The third kappa shape index (κ3) is 1.73. The van der Waals surface area contributed by atoms with Crippen molar-refractivity contribution < 1.29 is 5.11 Å². The maximum atomic E-state index is 9.08. The van der Waals surface area contributed by atoms with Crippen molar-refractivity contribution in [2.75, 3.05) is 0 Å². The lowest BCUT2D eigenvalue weighted by molar-refractivity contribution is 0.269. The van der Waals surface area contributed by atoms with Gasteiger partial charge in [0.05, 0.1) is 10.7 Å². The lowest BCUT2D eigenvalue weighted by Crippen LogP contribution is -2.02. The van der Waals surface area contributed by atoms with Gasteiger partial charge in [-0.25, -0.2) is 0 Å². The highest BCUT2D eigenvalue weighted by atomic mass is 35.5. The molecule has 1 heterocycles. The van der Waals surface area contributed by atoms with Crippen LogP contribution >= 0.6 is 11.6 Å². The zero-order valence-corrected chi connectivity index (χ0v) is 8.94. The number of benzene rings is 1. The summed E-state index contributed by atoms with van der Waals surface area (Å²) in [4.78, 5) is 0. The molecule has 1 N–H and O–H groups in total. The maximum Gasteiger partial charge on any atom is 0.163 e. The molecule has 0 unspecified atom stereocenters. The van der Waals surface area contributed by atoms with Crippen LogP contribution < -0.4 is 0 Å². The minimum absolute atomic E-state index is 0.162. The smallest absolute Gasteiger partial charge is 0.163 e. The van der Waals surface area contributed by atoms with Gasteiger partial charge < -0.3 is 5.11 Å². The van der Waals surface area contributed by atoms with E-state index in [4.69, 9.17) is 16.7 Å². The number of aliphatic hydroxyl groups excluding tert-OH is 1. The molecule has 78 valence electrons. The summed E-state index contributed by atoms with van der Waals surface area (Å²) in [5.41, 5.74) is 1.82. The number of aromatic nitrogens is 3. The number of aryl methyl sites for hydroxylation is 1. The molecule has 0 amide bonds. The Balaban J connectivity index is 2.63. The minimum atomic E-state index is -0.162. The molecule has 0 saturated heterocycles. The molecule has 0 radical (unpaired) electrons. The van der Waals surface area contributed by atoms with Crippen LogP contribution in [0.5, 0.6) is 0 Å². The SMILES string of the molecule is Cc1cccc(Cl)c1-n1cnnc1CO. The van der Waals surface area contributed by atoms with Crippen molar-refractivity contribution in [3.05, 3.63) is 40.9 Å². The number of nitrogens with zero attached hydrogens (tertiary/aromatic N) is 3. The Morgan fingerprint density at radius 3 is 2.93 bits per heavy atom. The largest absolute Gasteiger partial charge is 0.388 e. The molecular weight excluding hydrogens is 214 g/mol. The van der Waals surface area contributed by atoms with Gasteiger partial charge >= 0.3 is 0 Å². The Hall–Kier alpha value is -1.39. The summed E-state index contributed by atoms with van der Waals surface area (Å²) in [6, 6.07) is 5.62. The van der Waals surface area contributed by atoms with E-state index in [0.29, 0.717) is 10.8 Å². The molecule has 1 aromatic heterocycles. The maximum absolute atomic E-state index is 9.08. The third-order valence-electron chi connectivity index (χ3n) is 2.19. The van der Waals surface area contributed by atoms with Crippen molar-refractivity contribution in [2.24, 2.45) is 0 Å².